The number of aromatic nitrogens is 1. The van der Waals surface area contributed by atoms with Crippen LogP contribution in [0.15, 0.2) is 11.1 Å². The number of halogens is 3. The van der Waals surface area contributed by atoms with E-state index >= 15 is 0 Å². The van der Waals surface area contributed by atoms with E-state index in [4.69, 9.17) is 5.26 Å². The Balaban J connectivity index is 2.20. The first-order valence-electron chi connectivity index (χ1n) is 7.68. The highest BCUT2D eigenvalue weighted by Gasteiger charge is 2.36. The Kier molecular flexibility index (Phi) is 5.75. The highest BCUT2D eigenvalue weighted by molar-refractivity contribution is 8.00. The molecule has 1 unspecified atom stereocenters. The van der Waals surface area contributed by atoms with Gasteiger partial charge >= 0.3 is 6.18 Å². The molecule has 0 radical (unpaired) electrons. The van der Waals surface area contributed by atoms with Gasteiger partial charge in [-0.15, -0.1) is 0 Å². The Hall–Kier alpha value is -1.75. The number of nitrogens with one attached hydrogen (secondary N) is 1. The number of aryl methyl sites for hydroxylation is 1. The second kappa shape index (κ2) is 7.43. The average Bonchev–Trinajstić information content (AvgIpc) is 2.98. The lowest BCUT2D eigenvalue weighted by Gasteiger charge is -2.18. The van der Waals surface area contributed by atoms with E-state index in [1.807, 2.05) is 0 Å². The Morgan fingerprint density at radius 2 is 2.08 bits per heavy atom. The molecule has 1 aliphatic carbocycles. The highest BCUT2D eigenvalue weighted by Crippen LogP contribution is 2.36. The fourth-order valence-electron chi connectivity index (χ4n) is 2.67. The summed E-state index contributed by atoms with van der Waals surface area (Å²) in [6.45, 7) is 3.04. The molecule has 8 heteroatoms. The molecular weight excluding hydrogens is 339 g/mol. The van der Waals surface area contributed by atoms with E-state index in [0.717, 1.165) is 43.5 Å². The number of carbonyl (C=O) groups excluding carboxylic acids is 1. The van der Waals surface area contributed by atoms with Gasteiger partial charge in [0.05, 0.1) is 16.4 Å². The molecule has 0 aromatic carbocycles. The van der Waals surface area contributed by atoms with Crippen LogP contribution >= 0.6 is 11.8 Å². The topological polar surface area (TPSA) is 65.8 Å². The monoisotopic (exact) mass is 357 g/mol. The number of pyridine rings is 1. The van der Waals surface area contributed by atoms with Crippen molar-refractivity contribution in [2.45, 2.75) is 62.0 Å². The van der Waals surface area contributed by atoms with Gasteiger partial charge in [0.2, 0.25) is 5.91 Å². The molecule has 1 aliphatic rings. The number of alkyl halides is 3. The van der Waals surface area contributed by atoms with Crippen LogP contribution in [0.4, 0.5) is 13.2 Å². The first-order chi connectivity index (χ1) is 11.2. The van der Waals surface area contributed by atoms with Crippen LogP contribution in [0.2, 0.25) is 0 Å². The van der Waals surface area contributed by atoms with Crippen molar-refractivity contribution in [1.82, 2.24) is 10.3 Å². The van der Waals surface area contributed by atoms with Crippen molar-refractivity contribution in [3.63, 3.8) is 0 Å². The Labute approximate surface area is 142 Å². The largest absolute Gasteiger partial charge is 0.417 e. The van der Waals surface area contributed by atoms with Crippen LogP contribution in [0, 0.1) is 18.3 Å². The Morgan fingerprint density at radius 3 is 2.62 bits per heavy atom. The van der Waals surface area contributed by atoms with E-state index in [0.29, 0.717) is 0 Å². The minimum Gasteiger partial charge on any atom is -0.352 e. The van der Waals surface area contributed by atoms with E-state index in [-0.39, 0.29) is 22.7 Å². The van der Waals surface area contributed by atoms with Gasteiger partial charge in [-0.25, -0.2) is 4.98 Å². The van der Waals surface area contributed by atoms with Gasteiger partial charge in [0.15, 0.2) is 0 Å². The molecule has 1 atom stereocenters. The van der Waals surface area contributed by atoms with E-state index in [2.05, 4.69) is 10.3 Å². The van der Waals surface area contributed by atoms with Crippen molar-refractivity contribution in [3.8, 4) is 6.07 Å². The number of carbonyl (C=O) groups is 1. The van der Waals surface area contributed by atoms with Crippen LogP contribution in [0.5, 0.6) is 0 Å². The maximum atomic E-state index is 13.1. The van der Waals surface area contributed by atoms with Gasteiger partial charge in [0.1, 0.15) is 11.1 Å². The molecule has 1 aromatic rings. The van der Waals surface area contributed by atoms with E-state index < -0.39 is 22.6 Å². The second-order valence-electron chi connectivity index (χ2n) is 5.85. The molecule has 4 nitrogen and oxygen atoms in total. The summed E-state index contributed by atoms with van der Waals surface area (Å²) in [6.07, 6.45) is -0.650. The maximum Gasteiger partial charge on any atom is 0.417 e. The minimum absolute atomic E-state index is 0.0566. The first kappa shape index (κ1) is 18.6. The summed E-state index contributed by atoms with van der Waals surface area (Å²) in [4.78, 5) is 16.2. The number of rotatable bonds is 4. The fraction of sp³-hybridized carbons (Fsp3) is 0.562. The fourth-order valence-corrected chi connectivity index (χ4v) is 3.65. The van der Waals surface area contributed by atoms with Gasteiger partial charge < -0.3 is 5.32 Å². The van der Waals surface area contributed by atoms with Crippen molar-refractivity contribution in [2.24, 2.45) is 0 Å². The third kappa shape index (κ3) is 4.41. The average molecular weight is 357 g/mol. The van der Waals surface area contributed by atoms with Gasteiger partial charge in [-0.3, -0.25) is 4.79 Å². The summed E-state index contributed by atoms with van der Waals surface area (Å²) in [6, 6.07) is 2.57. The van der Waals surface area contributed by atoms with Crippen molar-refractivity contribution < 1.29 is 18.0 Å². The summed E-state index contributed by atoms with van der Waals surface area (Å²) in [5.41, 5.74) is -1.38. The molecular formula is C16H18F3N3OS. The summed E-state index contributed by atoms with van der Waals surface area (Å²) in [5, 5.41) is 11.3. The minimum atomic E-state index is -4.64. The first-order valence-corrected chi connectivity index (χ1v) is 8.56. The number of hydrogen-bond acceptors (Lipinski definition) is 4. The summed E-state index contributed by atoms with van der Waals surface area (Å²) in [5.74, 6) is -0.243. The van der Waals surface area contributed by atoms with Crippen LogP contribution in [0.3, 0.4) is 0 Å². The summed E-state index contributed by atoms with van der Waals surface area (Å²) in [7, 11) is 0. The van der Waals surface area contributed by atoms with E-state index in [1.54, 1.807) is 13.0 Å². The highest BCUT2D eigenvalue weighted by atomic mass is 32.2. The number of nitriles is 1. The van der Waals surface area contributed by atoms with Crippen molar-refractivity contribution >= 4 is 17.7 Å². The van der Waals surface area contributed by atoms with Crippen LogP contribution in [0.1, 0.15) is 49.4 Å². The number of nitrogens with zero attached hydrogens (tertiary/aromatic N) is 2. The molecule has 2 rings (SSSR count). The molecule has 1 saturated carbocycles. The van der Waals surface area contributed by atoms with Crippen LogP contribution < -0.4 is 5.32 Å². The number of hydrogen-bond donors (Lipinski definition) is 1. The molecule has 1 fully saturated rings. The van der Waals surface area contributed by atoms with Gasteiger partial charge in [-0.05, 0) is 32.8 Å². The normalized spacial score (nSPS) is 16.7. The zero-order valence-corrected chi connectivity index (χ0v) is 14.2. The van der Waals surface area contributed by atoms with E-state index in [9.17, 15) is 18.0 Å². The van der Waals surface area contributed by atoms with Gasteiger partial charge in [-0.2, -0.15) is 18.4 Å². The predicted octanol–water partition coefficient (Wildman–Crippen LogP) is 3.82. The standard InChI is InChI=1S/C16H18F3N3OS/c1-9-7-13(16(17,18)19)12(8-20)15(21-9)24-10(2)14(23)22-11-5-3-4-6-11/h7,10-11H,3-6H2,1-2H3,(H,22,23). The van der Waals surface area contributed by atoms with Crippen LogP contribution in [0.25, 0.3) is 0 Å². The number of thioether (sulfide) groups is 1. The third-order valence-corrected chi connectivity index (χ3v) is 4.98. The molecule has 130 valence electrons. The quantitative estimate of drug-likeness (QED) is 0.832. The Bertz CT molecular complexity index is 664. The van der Waals surface area contributed by atoms with E-state index in [1.165, 1.54) is 6.92 Å². The summed E-state index contributed by atoms with van der Waals surface area (Å²) < 4.78 is 39.3. The lowest BCUT2D eigenvalue weighted by atomic mass is 10.1. The number of amides is 1. The molecule has 1 heterocycles. The van der Waals surface area contributed by atoms with Crippen molar-refractivity contribution in [1.29, 1.82) is 5.26 Å². The lowest BCUT2D eigenvalue weighted by molar-refractivity contribution is -0.138. The third-order valence-electron chi connectivity index (χ3n) is 3.89. The lowest BCUT2D eigenvalue weighted by Crippen LogP contribution is -2.37. The van der Waals surface area contributed by atoms with Crippen LogP contribution in [-0.4, -0.2) is 22.2 Å². The molecule has 0 aliphatic heterocycles. The molecule has 0 spiro atoms. The maximum absolute atomic E-state index is 13.1. The molecule has 24 heavy (non-hydrogen) atoms. The van der Waals surface area contributed by atoms with Crippen LogP contribution in [-0.2, 0) is 11.0 Å². The van der Waals surface area contributed by atoms with Gasteiger partial charge in [-0.1, -0.05) is 24.6 Å². The van der Waals surface area contributed by atoms with Gasteiger partial charge in [0.25, 0.3) is 0 Å². The molecule has 0 bridgehead atoms. The molecule has 1 N–H and O–H groups in total. The summed E-state index contributed by atoms with van der Waals surface area (Å²) >= 11 is 0.885. The molecule has 1 aromatic heterocycles. The van der Waals surface area contributed by atoms with Gasteiger partial charge in [0, 0.05) is 11.7 Å². The predicted molar refractivity (Wildman–Crippen MR) is 84.4 cm³/mol. The Morgan fingerprint density at radius 1 is 1.46 bits per heavy atom. The molecule has 0 saturated heterocycles. The zero-order chi connectivity index (χ0) is 17.9. The molecule has 1 amide bonds. The SMILES string of the molecule is Cc1cc(C(F)(F)F)c(C#N)c(SC(C)C(=O)NC2CCCC2)n1. The van der Waals surface area contributed by atoms with Crippen molar-refractivity contribution in [2.75, 3.05) is 0 Å². The second-order valence-corrected chi connectivity index (χ2v) is 7.18. The smallest absolute Gasteiger partial charge is 0.352 e. The van der Waals surface area contributed by atoms with Crippen molar-refractivity contribution in [3.05, 3.63) is 22.9 Å². The zero-order valence-electron chi connectivity index (χ0n) is 13.4.